The van der Waals surface area contributed by atoms with Crippen LogP contribution in [0.5, 0.6) is 0 Å². The molecule has 0 bridgehead atoms. The number of hydrogen-bond donors (Lipinski definition) is 2. The molecule has 0 radical (unpaired) electrons. The maximum atomic E-state index is 11.5. The first-order valence-corrected chi connectivity index (χ1v) is 5.26. The first kappa shape index (κ1) is 13.0. The molecule has 0 aromatic heterocycles. The molecule has 0 unspecified atom stereocenters. The van der Waals surface area contributed by atoms with E-state index in [4.69, 9.17) is 5.11 Å². The van der Waals surface area contributed by atoms with Crippen LogP contribution in [0.15, 0.2) is 24.3 Å². The second-order valence-corrected chi connectivity index (χ2v) is 3.83. The number of nitrogens with one attached hydrogen (secondary N) is 1. The van der Waals surface area contributed by atoms with E-state index in [0.29, 0.717) is 6.54 Å². The summed E-state index contributed by atoms with van der Waals surface area (Å²) in [6.07, 6.45) is 0. The average molecular weight is 236 g/mol. The number of rotatable bonds is 4. The van der Waals surface area contributed by atoms with Gasteiger partial charge in [-0.05, 0) is 18.1 Å². The summed E-state index contributed by atoms with van der Waals surface area (Å²) in [5, 5.41) is 10.8. The molecular weight excluding hydrogens is 220 g/mol. The molecule has 0 aliphatic carbocycles. The van der Waals surface area contributed by atoms with Gasteiger partial charge in [0.25, 0.3) is 0 Å². The molecule has 1 aromatic carbocycles. The van der Waals surface area contributed by atoms with Gasteiger partial charge in [-0.1, -0.05) is 24.3 Å². The van der Waals surface area contributed by atoms with Gasteiger partial charge in [-0.3, -0.25) is 4.79 Å². The smallest absolute Gasteiger partial charge is 0.323 e. The summed E-state index contributed by atoms with van der Waals surface area (Å²) >= 11 is 0. The Labute approximate surface area is 100 Å². The molecule has 0 aliphatic rings. The van der Waals surface area contributed by atoms with Crippen LogP contribution >= 0.6 is 0 Å². The normalized spacial score (nSPS) is 9.76. The monoisotopic (exact) mass is 236 g/mol. The molecule has 5 nitrogen and oxygen atoms in total. The van der Waals surface area contributed by atoms with Crippen LogP contribution in [0, 0.1) is 6.92 Å². The SMILES string of the molecule is Cc1ccccc1CN(C)C(=O)NCC(=O)O. The van der Waals surface area contributed by atoms with Crippen molar-refractivity contribution < 1.29 is 14.7 Å². The van der Waals surface area contributed by atoms with Crippen LogP contribution in [0.2, 0.25) is 0 Å². The van der Waals surface area contributed by atoms with Crippen LogP contribution in [0.3, 0.4) is 0 Å². The standard InChI is InChI=1S/C12H16N2O3/c1-9-5-3-4-6-10(9)8-14(2)12(17)13-7-11(15)16/h3-6H,7-8H2,1-2H3,(H,13,17)(H,15,16). The molecule has 0 heterocycles. The van der Waals surface area contributed by atoms with Gasteiger partial charge in [0.2, 0.25) is 0 Å². The second-order valence-electron chi connectivity index (χ2n) is 3.83. The van der Waals surface area contributed by atoms with Crippen LogP contribution in [0.25, 0.3) is 0 Å². The maximum absolute atomic E-state index is 11.5. The number of aliphatic carboxylic acids is 1. The fourth-order valence-corrected chi connectivity index (χ4v) is 1.40. The summed E-state index contributed by atoms with van der Waals surface area (Å²) < 4.78 is 0. The summed E-state index contributed by atoms with van der Waals surface area (Å²) in [4.78, 5) is 23.3. The summed E-state index contributed by atoms with van der Waals surface area (Å²) in [7, 11) is 1.63. The van der Waals surface area contributed by atoms with Gasteiger partial charge in [0.15, 0.2) is 0 Å². The van der Waals surface area contributed by atoms with Crippen LogP contribution in [-0.2, 0) is 11.3 Å². The van der Waals surface area contributed by atoms with Crippen molar-refractivity contribution in [2.24, 2.45) is 0 Å². The van der Waals surface area contributed by atoms with E-state index in [-0.39, 0.29) is 6.54 Å². The van der Waals surface area contributed by atoms with E-state index in [2.05, 4.69) is 5.32 Å². The van der Waals surface area contributed by atoms with E-state index in [1.165, 1.54) is 4.90 Å². The zero-order chi connectivity index (χ0) is 12.8. The van der Waals surface area contributed by atoms with Crippen LogP contribution < -0.4 is 5.32 Å². The van der Waals surface area contributed by atoms with Gasteiger partial charge in [-0.25, -0.2) is 4.79 Å². The van der Waals surface area contributed by atoms with Crippen molar-refractivity contribution in [1.82, 2.24) is 10.2 Å². The molecule has 2 N–H and O–H groups in total. The number of hydrogen-bond acceptors (Lipinski definition) is 2. The first-order valence-electron chi connectivity index (χ1n) is 5.26. The van der Waals surface area contributed by atoms with E-state index in [9.17, 15) is 9.59 Å². The van der Waals surface area contributed by atoms with E-state index in [0.717, 1.165) is 11.1 Å². The molecule has 0 atom stereocenters. The van der Waals surface area contributed by atoms with Gasteiger partial charge in [0.05, 0.1) is 0 Å². The number of carbonyl (C=O) groups excluding carboxylic acids is 1. The highest BCUT2D eigenvalue weighted by atomic mass is 16.4. The molecule has 0 fully saturated rings. The lowest BCUT2D eigenvalue weighted by Crippen LogP contribution is -2.39. The maximum Gasteiger partial charge on any atom is 0.323 e. The minimum Gasteiger partial charge on any atom is -0.480 e. The number of aryl methyl sites for hydroxylation is 1. The van der Waals surface area contributed by atoms with E-state index >= 15 is 0 Å². The minimum absolute atomic E-state index is 0.364. The Bertz CT molecular complexity index is 418. The Balaban J connectivity index is 2.54. The number of carboxylic acids is 1. The summed E-state index contributed by atoms with van der Waals surface area (Å²) in [5.74, 6) is -1.05. The van der Waals surface area contributed by atoms with Crippen LogP contribution in [0.1, 0.15) is 11.1 Å². The third-order valence-corrected chi connectivity index (χ3v) is 2.41. The quantitative estimate of drug-likeness (QED) is 0.825. The van der Waals surface area contributed by atoms with Crippen molar-refractivity contribution >= 4 is 12.0 Å². The Hall–Kier alpha value is -2.04. The van der Waals surface area contributed by atoms with Gasteiger partial charge in [0, 0.05) is 13.6 Å². The lowest BCUT2D eigenvalue weighted by atomic mass is 10.1. The minimum atomic E-state index is -1.05. The van der Waals surface area contributed by atoms with Crippen molar-refractivity contribution in [3.8, 4) is 0 Å². The zero-order valence-corrected chi connectivity index (χ0v) is 9.93. The molecule has 0 saturated carbocycles. The van der Waals surface area contributed by atoms with Gasteiger partial charge in [-0.2, -0.15) is 0 Å². The number of urea groups is 1. The lowest BCUT2D eigenvalue weighted by molar-refractivity contribution is -0.135. The van der Waals surface area contributed by atoms with Crippen molar-refractivity contribution in [3.05, 3.63) is 35.4 Å². The number of carbonyl (C=O) groups is 2. The fraction of sp³-hybridized carbons (Fsp3) is 0.333. The Morgan fingerprint density at radius 2 is 2.00 bits per heavy atom. The Morgan fingerprint density at radius 3 is 2.59 bits per heavy atom. The van der Waals surface area contributed by atoms with Crippen molar-refractivity contribution in [2.75, 3.05) is 13.6 Å². The van der Waals surface area contributed by atoms with Gasteiger partial charge in [-0.15, -0.1) is 0 Å². The molecule has 2 amide bonds. The Kier molecular flexibility index (Phi) is 4.51. The first-order chi connectivity index (χ1) is 8.00. The molecule has 1 rings (SSSR count). The van der Waals surface area contributed by atoms with Gasteiger partial charge in [0.1, 0.15) is 6.54 Å². The summed E-state index contributed by atoms with van der Waals surface area (Å²) in [6.45, 7) is 2.06. The van der Waals surface area contributed by atoms with Crippen LogP contribution in [0.4, 0.5) is 4.79 Å². The fourth-order valence-electron chi connectivity index (χ4n) is 1.40. The predicted octanol–water partition coefficient (Wildman–Crippen LogP) is 1.22. The van der Waals surface area contributed by atoms with E-state index < -0.39 is 12.0 Å². The number of benzene rings is 1. The number of carboxylic acid groups (broad SMARTS) is 1. The third kappa shape index (κ3) is 4.14. The molecule has 0 aliphatic heterocycles. The highest BCUT2D eigenvalue weighted by Crippen LogP contribution is 2.09. The van der Waals surface area contributed by atoms with Crippen LogP contribution in [-0.4, -0.2) is 35.6 Å². The van der Waals surface area contributed by atoms with E-state index in [1.807, 2.05) is 31.2 Å². The number of amides is 2. The van der Waals surface area contributed by atoms with Crippen molar-refractivity contribution in [1.29, 1.82) is 0 Å². The lowest BCUT2D eigenvalue weighted by Gasteiger charge is -2.18. The highest BCUT2D eigenvalue weighted by Gasteiger charge is 2.10. The largest absolute Gasteiger partial charge is 0.480 e. The number of nitrogens with zero attached hydrogens (tertiary/aromatic N) is 1. The summed E-state index contributed by atoms with van der Waals surface area (Å²) in [5.41, 5.74) is 2.14. The van der Waals surface area contributed by atoms with Gasteiger partial charge < -0.3 is 15.3 Å². The topological polar surface area (TPSA) is 69.6 Å². The van der Waals surface area contributed by atoms with E-state index in [1.54, 1.807) is 7.05 Å². The highest BCUT2D eigenvalue weighted by molar-refractivity contribution is 5.79. The molecule has 5 heteroatoms. The molecule has 0 spiro atoms. The molecule has 1 aromatic rings. The average Bonchev–Trinajstić information content (AvgIpc) is 2.28. The molecular formula is C12H16N2O3. The Morgan fingerprint density at radius 1 is 1.35 bits per heavy atom. The molecule has 0 saturated heterocycles. The zero-order valence-electron chi connectivity index (χ0n) is 9.93. The predicted molar refractivity (Wildman–Crippen MR) is 63.7 cm³/mol. The van der Waals surface area contributed by atoms with Crippen molar-refractivity contribution in [2.45, 2.75) is 13.5 Å². The van der Waals surface area contributed by atoms with Crippen molar-refractivity contribution in [3.63, 3.8) is 0 Å². The molecule has 17 heavy (non-hydrogen) atoms. The van der Waals surface area contributed by atoms with Gasteiger partial charge >= 0.3 is 12.0 Å². The molecule has 92 valence electrons. The third-order valence-electron chi connectivity index (χ3n) is 2.41. The summed E-state index contributed by atoms with van der Waals surface area (Å²) in [6, 6.07) is 7.36. The second kappa shape index (κ2) is 5.89.